The van der Waals surface area contributed by atoms with Crippen molar-refractivity contribution in [2.45, 2.75) is 13.0 Å². The summed E-state index contributed by atoms with van der Waals surface area (Å²) in [4.78, 5) is 17.5. The molecular weight excluding hydrogens is 268 g/mol. The normalized spacial score (nSPS) is 14.4. The van der Waals surface area contributed by atoms with Crippen LogP contribution in [0.5, 0.6) is 0 Å². The van der Waals surface area contributed by atoms with Crippen LogP contribution in [0, 0.1) is 0 Å². The summed E-state index contributed by atoms with van der Waals surface area (Å²) in [5, 5.41) is 1.21. The van der Waals surface area contributed by atoms with Gasteiger partial charge in [0.1, 0.15) is 6.61 Å². The molecule has 1 aliphatic heterocycles. The molecule has 0 aliphatic carbocycles. The van der Waals surface area contributed by atoms with Crippen LogP contribution in [-0.2, 0) is 27.2 Å². The molecule has 2 heterocycles. The van der Waals surface area contributed by atoms with Crippen LogP contribution in [0.4, 0.5) is 0 Å². The topological polar surface area (TPSA) is 54.6 Å². The van der Waals surface area contributed by atoms with Gasteiger partial charge in [0.2, 0.25) is 5.91 Å². The maximum atomic E-state index is 12.2. The van der Waals surface area contributed by atoms with Gasteiger partial charge in [0.05, 0.1) is 13.2 Å². The van der Waals surface area contributed by atoms with Crippen molar-refractivity contribution in [1.82, 2.24) is 9.88 Å². The standard InChI is InChI=1S/C16H20N2O3/c1-20-8-9-21-11-16(19)18-7-6-15-13(10-18)12-4-2-3-5-14(12)17-15/h2-5,17H,6-11H2,1H3. The van der Waals surface area contributed by atoms with E-state index in [2.05, 4.69) is 17.1 Å². The molecule has 0 saturated carbocycles. The Morgan fingerprint density at radius 3 is 3.05 bits per heavy atom. The monoisotopic (exact) mass is 288 g/mol. The number of para-hydroxylation sites is 1. The Labute approximate surface area is 123 Å². The van der Waals surface area contributed by atoms with Crippen LogP contribution in [0.1, 0.15) is 11.3 Å². The SMILES string of the molecule is COCCOCC(=O)N1CCc2[nH]c3ccccc3c2C1. The number of rotatable bonds is 5. The Hall–Kier alpha value is -1.85. The molecule has 3 rings (SSSR count). The van der Waals surface area contributed by atoms with Gasteiger partial charge in [-0.1, -0.05) is 18.2 Å². The molecule has 21 heavy (non-hydrogen) atoms. The number of ether oxygens (including phenoxy) is 2. The molecule has 0 bridgehead atoms. The first-order valence-electron chi connectivity index (χ1n) is 7.22. The Balaban J connectivity index is 1.67. The fraction of sp³-hybridized carbons (Fsp3) is 0.438. The van der Waals surface area contributed by atoms with Crippen molar-refractivity contribution < 1.29 is 14.3 Å². The molecule has 0 radical (unpaired) electrons. The molecular formula is C16H20N2O3. The second-order valence-electron chi connectivity index (χ2n) is 5.24. The fourth-order valence-corrected chi connectivity index (χ4v) is 2.77. The summed E-state index contributed by atoms with van der Waals surface area (Å²) in [5.74, 6) is 0.0436. The smallest absolute Gasteiger partial charge is 0.248 e. The highest BCUT2D eigenvalue weighted by molar-refractivity contribution is 5.86. The Kier molecular flexibility index (Phi) is 4.22. The minimum atomic E-state index is 0.0436. The molecule has 5 heteroatoms. The number of benzene rings is 1. The number of methoxy groups -OCH3 is 1. The van der Waals surface area contributed by atoms with E-state index < -0.39 is 0 Å². The number of nitrogens with zero attached hydrogens (tertiary/aromatic N) is 1. The number of hydrogen-bond acceptors (Lipinski definition) is 3. The molecule has 0 fully saturated rings. The number of fused-ring (bicyclic) bond motifs is 3. The van der Waals surface area contributed by atoms with Crippen LogP contribution in [0.15, 0.2) is 24.3 Å². The summed E-state index contributed by atoms with van der Waals surface area (Å²) in [6, 6.07) is 8.24. The van der Waals surface area contributed by atoms with E-state index in [-0.39, 0.29) is 12.5 Å². The molecule has 1 amide bonds. The second kappa shape index (κ2) is 6.28. The summed E-state index contributed by atoms with van der Waals surface area (Å²) in [6.45, 7) is 2.49. The van der Waals surface area contributed by atoms with E-state index >= 15 is 0 Å². The number of hydrogen-bond donors (Lipinski definition) is 1. The Morgan fingerprint density at radius 1 is 1.33 bits per heavy atom. The van der Waals surface area contributed by atoms with Gasteiger partial charge >= 0.3 is 0 Å². The molecule has 0 atom stereocenters. The number of H-pyrrole nitrogens is 1. The van der Waals surface area contributed by atoms with E-state index in [4.69, 9.17) is 9.47 Å². The molecule has 1 aliphatic rings. The number of carbonyl (C=O) groups excluding carboxylic acids is 1. The minimum Gasteiger partial charge on any atom is -0.382 e. The van der Waals surface area contributed by atoms with Gasteiger partial charge in [-0.3, -0.25) is 4.79 Å². The quantitative estimate of drug-likeness (QED) is 0.852. The van der Waals surface area contributed by atoms with Gasteiger partial charge in [0.15, 0.2) is 0 Å². The largest absolute Gasteiger partial charge is 0.382 e. The zero-order chi connectivity index (χ0) is 14.7. The van der Waals surface area contributed by atoms with Crippen molar-refractivity contribution in [1.29, 1.82) is 0 Å². The summed E-state index contributed by atoms with van der Waals surface area (Å²) >= 11 is 0. The van der Waals surface area contributed by atoms with Crippen LogP contribution in [-0.4, -0.2) is 49.3 Å². The molecule has 0 saturated heterocycles. The molecule has 1 aromatic carbocycles. The summed E-state index contributed by atoms with van der Waals surface area (Å²) in [7, 11) is 1.62. The van der Waals surface area contributed by atoms with Crippen LogP contribution >= 0.6 is 0 Å². The highest BCUT2D eigenvalue weighted by Crippen LogP contribution is 2.27. The van der Waals surface area contributed by atoms with E-state index in [0.29, 0.717) is 19.8 Å². The lowest BCUT2D eigenvalue weighted by Crippen LogP contribution is -2.38. The Morgan fingerprint density at radius 2 is 2.19 bits per heavy atom. The van der Waals surface area contributed by atoms with Gasteiger partial charge in [0, 0.05) is 48.8 Å². The molecule has 5 nitrogen and oxygen atoms in total. The highest BCUT2D eigenvalue weighted by Gasteiger charge is 2.23. The van der Waals surface area contributed by atoms with Crippen molar-refractivity contribution in [3.05, 3.63) is 35.5 Å². The van der Waals surface area contributed by atoms with Gasteiger partial charge in [-0.2, -0.15) is 0 Å². The predicted molar refractivity (Wildman–Crippen MR) is 80.1 cm³/mol. The molecule has 112 valence electrons. The van der Waals surface area contributed by atoms with Crippen molar-refractivity contribution >= 4 is 16.8 Å². The average molecular weight is 288 g/mol. The van der Waals surface area contributed by atoms with Gasteiger partial charge in [-0.15, -0.1) is 0 Å². The predicted octanol–water partition coefficient (Wildman–Crippen LogP) is 1.72. The molecule has 1 aromatic heterocycles. The number of nitrogens with one attached hydrogen (secondary N) is 1. The van der Waals surface area contributed by atoms with Gasteiger partial charge in [0.25, 0.3) is 0 Å². The zero-order valence-electron chi connectivity index (χ0n) is 12.2. The molecule has 0 unspecified atom stereocenters. The Bertz CT molecular complexity index is 635. The van der Waals surface area contributed by atoms with Crippen molar-refractivity contribution in [3.63, 3.8) is 0 Å². The first-order valence-corrected chi connectivity index (χ1v) is 7.22. The van der Waals surface area contributed by atoms with E-state index in [1.165, 1.54) is 16.6 Å². The van der Waals surface area contributed by atoms with E-state index in [1.807, 2.05) is 17.0 Å². The lowest BCUT2D eigenvalue weighted by atomic mass is 10.0. The third-order valence-corrected chi connectivity index (χ3v) is 3.89. The fourth-order valence-electron chi connectivity index (χ4n) is 2.77. The highest BCUT2D eigenvalue weighted by atomic mass is 16.5. The van der Waals surface area contributed by atoms with Crippen LogP contribution < -0.4 is 0 Å². The minimum absolute atomic E-state index is 0.0436. The number of aromatic nitrogens is 1. The van der Waals surface area contributed by atoms with Crippen LogP contribution in [0.3, 0.4) is 0 Å². The van der Waals surface area contributed by atoms with Crippen LogP contribution in [0.25, 0.3) is 10.9 Å². The third kappa shape index (κ3) is 2.94. The average Bonchev–Trinajstić information content (AvgIpc) is 2.89. The van der Waals surface area contributed by atoms with Gasteiger partial charge in [-0.25, -0.2) is 0 Å². The number of carbonyl (C=O) groups is 1. The van der Waals surface area contributed by atoms with Crippen molar-refractivity contribution in [3.8, 4) is 0 Å². The first kappa shape index (κ1) is 14.1. The molecule has 2 aromatic rings. The van der Waals surface area contributed by atoms with Crippen LogP contribution in [0.2, 0.25) is 0 Å². The zero-order valence-corrected chi connectivity index (χ0v) is 12.2. The van der Waals surface area contributed by atoms with E-state index in [9.17, 15) is 4.79 Å². The second-order valence-corrected chi connectivity index (χ2v) is 5.24. The van der Waals surface area contributed by atoms with Crippen molar-refractivity contribution in [2.24, 2.45) is 0 Å². The van der Waals surface area contributed by atoms with E-state index in [1.54, 1.807) is 7.11 Å². The summed E-state index contributed by atoms with van der Waals surface area (Å²) < 4.78 is 10.2. The first-order chi connectivity index (χ1) is 10.3. The molecule has 1 N–H and O–H groups in total. The number of aromatic amines is 1. The lowest BCUT2D eigenvalue weighted by molar-refractivity contribution is -0.137. The van der Waals surface area contributed by atoms with Gasteiger partial charge < -0.3 is 19.4 Å². The summed E-state index contributed by atoms with van der Waals surface area (Å²) in [6.07, 6.45) is 0.869. The maximum Gasteiger partial charge on any atom is 0.248 e. The van der Waals surface area contributed by atoms with Gasteiger partial charge in [-0.05, 0) is 6.07 Å². The third-order valence-electron chi connectivity index (χ3n) is 3.89. The van der Waals surface area contributed by atoms with Crippen molar-refractivity contribution in [2.75, 3.05) is 33.5 Å². The number of amides is 1. The summed E-state index contributed by atoms with van der Waals surface area (Å²) in [5.41, 5.74) is 3.63. The maximum absolute atomic E-state index is 12.2. The lowest BCUT2D eigenvalue weighted by Gasteiger charge is -2.27. The molecule has 0 spiro atoms. The van der Waals surface area contributed by atoms with E-state index in [0.717, 1.165) is 18.5 Å².